The number of likely N-dealkylation sites (N-methyl/N-ethyl adjacent to an activating group) is 1. The second-order valence-electron chi connectivity index (χ2n) is 5.55. The van der Waals surface area contributed by atoms with E-state index in [0.717, 1.165) is 10.8 Å². The zero-order valence-electron chi connectivity index (χ0n) is 11.9. The summed E-state index contributed by atoms with van der Waals surface area (Å²) in [6.07, 6.45) is 2.75. The van der Waals surface area contributed by atoms with E-state index < -0.39 is 6.04 Å². The molecule has 1 aliphatic heterocycles. The van der Waals surface area contributed by atoms with Crippen LogP contribution >= 0.6 is 11.8 Å². The number of quaternary nitrogens is 1. The first-order valence-electron chi connectivity index (χ1n) is 6.88. The Balaban J connectivity index is 2.80. The Morgan fingerprint density at radius 3 is 2.58 bits per heavy atom. The van der Waals surface area contributed by atoms with E-state index in [1.807, 2.05) is 13.8 Å². The molecule has 0 spiro atoms. The molecule has 1 aliphatic rings. The average molecular weight is 292 g/mol. The molecule has 5 nitrogen and oxygen atoms in total. The van der Waals surface area contributed by atoms with Crippen molar-refractivity contribution in [2.24, 2.45) is 5.92 Å². The Morgan fingerprint density at radius 2 is 2.05 bits per heavy atom. The first-order valence-corrected chi connectivity index (χ1v) is 7.22. The summed E-state index contributed by atoms with van der Waals surface area (Å²) >= 11 is 6.00. The van der Waals surface area contributed by atoms with Crippen molar-refractivity contribution in [2.75, 3.05) is 20.2 Å². The minimum Gasteiger partial charge on any atom is -0.396 e. The number of aliphatic hydroxyl groups is 1. The van der Waals surface area contributed by atoms with Crippen molar-refractivity contribution in [2.45, 2.75) is 45.6 Å². The maximum Gasteiger partial charge on any atom is 0.441 e. The molecular weight excluding hydrogens is 268 g/mol. The second-order valence-corrected chi connectivity index (χ2v) is 5.92. The van der Waals surface area contributed by atoms with Gasteiger partial charge in [0.2, 0.25) is 0 Å². The average Bonchev–Trinajstić information content (AvgIpc) is 2.54. The normalized spacial score (nSPS) is 29.1. The number of halogens is 1. The zero-order chi connectivity index (χ0) is 14.6. The van der Waals surface area contributed by atoms with Gasteiger partial charge in [-0.1, -0.05) is 13.8 Å². The minimum absolute atomic E-state index is 0.0934. The fourth-order valence-corrected chi connectivity index (χ4v) is 2.82. The molecular formula is C13H24ClN2O3+. The maximum atomic E-state index is 12.5. The van der Waals surface area contributed by atoms with Crippen LogP contribution in [0.4, 0.5) is 4.79 Å². The molecule has 0 saturated carbocycles. The van der Waals surface area contributed by atoms with Gasteiger partial charge >= 0.3 is 11.9 Å². The van der Waals surface area contributed by atoms with Gasteiger partial charge in [0.1, 0.15) is 0 Å². The predicted molar refractivity (Wildman–Crippen MR) is 73.3 cm³/mol. The summed E-state index contributed by atoms with van der Waals surface area (Å²) in [5.41, 5.74) is 0. The predicted octanol–water partition coefficient (Wildman–Crippen LogP) is 2.13. The van der Waals surface area contributed by atoms with Crippen molar-refractivity contribution >= 4 is 23.7 Å². The first-order chi connectivity index (χ1) is 8.88. The highest BCUT2D eigenvalue weighted by molar-refractivity contribution is 6.24. The van der Waals surface area contributed by atoms with E-state index in [9.17, 15) is 9.59 Å². The number of unbranched alkanes of at least 4 members (excludes halogenated alkanes) is 1. The number of hydrogen-bond acceptors (Lipinski definition) is 3. The molecule has 3 unspecified atom stereocenters. The van der Waals surface area contributed by atoms with Gasteiger partial charge in [-0.25, -0.2) is 9.59 Å². The smallest absolute Gasteiger partial charge is 0.396 e. The lowest BCUT2D eigenvalue weighted by molar-refractivity contribution is -0.751. The van der Waals surface area contributed by atoms with E-state index >= 15 is 0 Å². The molecule has 3 amide bonds. The molecule has 0 aromatic carbocycles. The summed E-state index contributed by atoms with van der Waals surface area (Å²) in [7, 11) is 1.65. The molecule has 19 heavy (non-hydrogen) atoms. The van der Waals surface area contributed by atoms with Gasteiger partial charge in [-0.05, 0) is 25.7 Å². The molecule has 1 N–H and O–H groups in total. The van der Waals surface area contributed by atoms with E-state index in [1.54, 1.807) is 7.05 Å². The number of carbonyl (C=O) groups excluding carboxylic acids is 2. The van der Waals surface area contributed by atoms with E-state index in [4.69, 9.17) is 16.9 Å². The Bertz CT molecular complexity index is 351. The van der Waals surface area contributed by atoms with Crippen LogP contribution < -0.4 is 0 Å². The molecule has 1 heterocycles. The van der Waals surface area contributed by atoms with Crippen molar-refractivity contribution < 1.29 is 19.2 Å². The van der Waals surface area contributed by atoms with Gasteiger partial charge in [0.15, 0.2) is 6.04 Å². The van der Waals surface area contributed by atoms with Gasteiger partial charge < -0.3 is 5.11 Å². The van der Waals surface area contributed by atoms with E-state index in [0.29, 0.717) is 31.7 Å². The molecule has 1 saturated heterocycles. The summed E-state index contributed by atoms with van der Waals surface area (Å²) in [6, 6.07) is -0.893. The molecule has 0 bridgehead atoms. The zero-order valence-corrected chi connectivity index (χ0v) is 12.7. The SMILES string of the molecule is CCC(C)C[N+]1(C)C(=O)C(CCCCO)N(Cl)C1=O. The van der Waals surface area contributed by atoms with Crippen LogP contribution in [0.25, 0.3) is 0 Å². The molecule has 0 aromatic rings. The number of hydrogen-bond donors (Lipinski definition) is 1. The molecule has 0 aliphatic carbocycles. The van der Waals surface area contributed by atoms with Crippen LogP contribution in [0.15, 0.2) is 0 Å². The van der Waals surface area contributed by atoms with Crippen molar-refractivity contribution in [1.82, 2.24) is 4.42 Å². The van der Waals surface area contributed by atoms with Gasteiger partial charge in [-0.15, -0.1) is 0 Å². The van der Waals surface area contributed by atoms with Crippen molar-refractivity contribution in [3.63, 3.8) is 0 Å². The Hall–Kier alpha value is -0.650. The lowest BCUT2D eigenvalue weighted by Crippen LogP contribution is -2.52. The van der Waals surface area contributed by atoms with Crippen LogP contribution in [0.2, 0.25) is 0 Å². The second kappa shape index (κ2) is 6.68. The first kappa shape index (κ1) is 16.4. The Kier molecular flexibility index (Phi) is 5.77. The minimum atomic E-state index is -0.560. The number of urea groups is 1. The fraction of sp³-hybridized carbons (Fsp3) is 0.846. The molecule has 6 heteroatoms. The molecule has 1 rings (SSSR count). The third-order valence-electron chi connectivity index (χ3n) is 3.91. The number of imide groups is 1. The van der Waals surface area contributed by atoms with Gasteiger partial charge in [0.05, 0.1) is 13.6 Å². The third-order valence-corrected chi connectivity index (χ3v) is 4.29. The van der Waals surface area contributed by atoms with Crippen LogP contribution in [0.3, 0.4) is 0 Å². The lowest BCUT2D eigenvalue weighted by Gasteiger charge is -2.25. The standard InChI is InChI=1S/C13H24ClN2O3/c1-4-10(2)9-16(3)12(18)11(7-5-6-8-17)15(14)13(16)19/h10-11,17H,4-9H2,1-3H3/q+1. The molecule has 0 aromatic heterocycles. The molecule has 3 atom stereocenters. The van der Waals surface area contributed by atoms with Crippen LogP contribution in [0.1, 0.15) is 39.5 Å². The quantitative estimate of drug-likeness (QED) is 0.338. The van der Waals surface area contributed by atoms with Gasteiger partial charge in [0, 0.05) is 24.3 Å². The van der Waals surface area contributed by atoms with E-state index in [1.165, 1.54) is 0 Å². The molecule has 0 radical (unpaired) electrons. The van der Waals surface area contributed by atoms with Gasteiger partial charge in [0.25, 0.3) is 0 Å². The van der Waals surface area contributed by atoms with Crippen LogP contribution in [-0.2, 0) is 4.79 Å². The largest absolute Gasteiger partial charge is 0.441 e. The highest BCUT2D eigenvalue weighted by atomic mass is 35.5. The Morgan fingerprint density at radius 1 is 1.42 bits per heavy atom. The summed E-state index contributed by atoms with van der Waals surface area (Å²) in [4.78, 5) is 24.7. The van der Waals surface area contributed by atoms with Crippen molar-refractivity contribution in [3.05, 3.63) is 0 Å². The topological polar surface area (TPSA) is 57.6 Å². The highest BCUT2D eigenvalue weighted by Gasteiger charge is 2.57. The number of carbonyl (C=O) groups is 2. The van der Waals surface area contributed by atoms with Crippen LogP contribution in [-0.4, -0.2) is 52.2 Å². The number of nitrogens with zero attached hydrogens (tertiary/aromatic N) is 2. The lowest BCUT2D eigenvalue weighted by atomic mass is 10.1. The van der Waals surface area contributed by atoms with Gasteiger partial charge in [-0.3, -0.25) is 0 Å². The summed E-state index contributed by atoms with van der Waals surface area (Å²) in [5, 5.41) is 8.78. The van der Waals surface area contributed by atoms with Crippen LogP contribution in [0.5, 0.6) is 0 Å². The number of rotatable bonds is 7. The summed E-state index contributed by atoms with van der Waals surface area (Å²) in [6.45, 7) is 4.66. The molecule has 110 valence electrons. The Labute approximate surface area is 119 Å². The number of aliphatic hydroxyl groups excluding tert-OH is 1. The van der Waals surface area contributed by atoms with E-state index in [-0.39, 0.29) is 23.0 Å². The summed E-state index contributed by atoms with van der Waals surface area (Å²) in [5.74, 6) is 0.164. The molecule has 1 fully saturated rings. The van der Waals surface area contributed by atoms with E-state index in [2.05, 4.69) is 0 Å². The highest BCUT2D eigenvalue weighted by Crippen LogP contribution is 2.30. The fourth-order valence-electron chi connectivity index (χ4n) is 2.47. The number of amides is 3. The monoisotopic (exact) mass is 291 g/mol. The van der Waals surface area contributed by atoms with Crippen LogP contribution in [0, 0.1) is 5.92 Å². The van der Waals surface area contributed by atoms with Crippen molar-refractivity contribution in [1.29, 1.82) is 0 Å². The van der Waals surface area contributed by atoms with Gasteiger partial charge in [-0.2, -0.15) is 8.90 Å². The third kappa shape index (κ3) is 3.27. The van der Waals surface area contributed by atoms with Crippen molar-refractivity contribution in [3.8, 4) is 0 Å². The summed E-state index contributed by atoms with van der Waals surface area (Å²) < 4.78 is 0.824. The maximum absolute atomic E-state index is 12.5.